The topological polar surface area (TPSA) is 101 Å². The van der Waals surface area contributed by atoms with Crippen molar-refractivity contribution in [3.63, 3.8) is 0 Å². The second kappa shape index (κ2) is 9.39. The number of benzene rings is 2. The van der Waals surface area contributed by atoms with E-state index in [4.69, 9.17) is 31.5 Å². The van der Waals surface area contributed by atoms with Crippen molar-refractivity contribution in [3.8, 4) is 17.2 Å². The van der Waals surface area contributed by atoms with Gasteiger partial charge in [-0.15, -0.1) is 0 Å². The van der Waals surface area contributed by atoms with E-state index in [2.05, 4.69) is 15.8 Å². The molecule has 9 heteroatoms. The molecule has 142 valence electrons. The highest BCUT2D eigenvalue weighted by molar-refractivity contribution is 7.80. The number of carboxylic acids is 1. The third-order valence-electron chi connectivity index (χ3n) is 3.43. The minimum atomic E-state index is -1.02. The minimum absolute atomic E-state index is 0.156. The third-order valence-corrected chi connectivity index (χ3v) is 3.63. The van der Waals surface area contributed by atoms with Crippen molar-refractivity contribution in [1.82, 2.24) is 5.43 Å². The molecule has 0 heterocycles. The number of anilines is 1. The molecule has 3 N–H and O–H groups in total. The Balaban J connectivity index is 2.05. The van der Waals surface area contributed by atoms with E-state index in [-0.39, 0.29) is 10.7 Å². The molecule has 0 aromatic heterocycles. The van der Waals surface area contributed by atoms with Gasteiger partial charge in [0.2, 0.25) is 5.75 Å². The van der Waals surface area contributed by atoms with E-state index in [1.54, 1.807) is 24.3 Å². The lowest BCUT2D eigenvalue weighted by Crippen LogP contribution is -2.24. The van der Waals surface area contributed by atoms with Crippen LogP contribution in [0.2, 0.25) is 0 Å². The minimum Gasteiger partial charge on any atom is -0.493 e. The average molecular weight is 389 g/mol. The van der Waals surface area contributed by atoms with E-state index in [9.17, 15) is 4.79 Å². The molecule has 0 aliphatic rings. The number of nitrogens with one attached hydrogen (secondary N) is 2. The molecule has 27 heavy (non-hydrogen) atoms. The zero-order chi connectivity index (χ0) is 19.8. The molecule has 2 aromatic carbocycles. The fraction of sp³-hybridized carbons (Fsp3) is 0.167. The molecule has 0 fully saturated rings. The van der Waals surface area contributed by atoms with E-state index in [0.717, 1.165) is 0 Å². The summed E-state index contributed by atoms with van der Waals surface area (Å²) in [6, 6.07) is 9.75. The Kier molecular flexibility index (Phi) is 6.95. The quantitative estimate of drug-likeness (QED) is 0.377. The molecule has 0 unspecified atom stereocenters. The number of nitrogens with zero attached hydrogens (tertiary/aromatic N) is 1. The number of thiocarbonyl (C=S) groups is 1. The molecular weight excluding hydrogens is 370 g/mol. The predicted molar refractivity (Wildman–Crippen MR) is 106 cm³/mol. The van der Waals surface area contributed by atoms with Crippen LogP contribution in [0.5, 0.6) is 17.2 Å². The molecule has 0 aliphatic carbocycles. The van der Waals surface area contributed by atoms with Gasteiger partial charge in [0.05, 0.1) is 33.1 Å². The fourth-order valence-electron chi connectivity index (χ4n) is 2.23. The van der Waals surface area contributed by atoms with Crippen LogP contribution in [0.3, 0.4) is 0 Å². The van der Waals surface area contributed by atoms with Crippen LogP contribution >= 0.6 is 12.2 Å². The molecule has 8 nitrogen and oxygen atoms in total. The van der Waals surface area contributed by atoms with Gasteiger partial charge in [0.25, 0.3) is 0 Å². The number of hydrogen-bond donors (Lipinski definition) is 3. The van der Waals surface area contributed by atoms with Crippen LogP contribution in [-0.4, -0.2) is 43.7 Å². The van der Waals surface area contributed by atoms with Gasteiger partial charge >= 0.3 is 5.97 Å². The van der Waals surface area contributed by atoms with E-state index >= 15 is 0 Å². The van der Waals surface area contributed by atoms with Gasteiger partial charge in [-0.1, -0.05) is 6.07 Å². The Morgan fingerprint density at radius 1 is 1.11 bits per heavy atom. The van der Waals surface area contributed by atoms with Crippen LogP contribution in [-0.2, 0) is 0 Å². The maximum absolute atomic E-state index is 11.0. The van der Waals surface area contributed by atoms with E-state index in [0.29, 0.717) is 28.5 Å². The Morgan fingerprint density at radius 3 is 2.33 bits per heavy atom. The molecule has 0 atom stereocenters. The zero-order valence-corrected chi connectivity index (χ0v) is 15.8. The first-order chi connectivity index (χ1) is 13.0. The van der Waals surface area contributed by atoms with Crippen LogP contribution in [0.4, 0.5) is 5.69 Å². The van der Waals surface area contributed by atoms with Crippen molar-refractivity contribution in [2.24, 2.45) is 5.10 Å². The van der Waals surface area contributed by atoms with Crippen LogP contribution < -0.4 is 25.0 Å². The lowest BCUT2D eigenvalue weighted by molar-refractivity contribution is 0.0697. The van der Waals surface area contributed by atoms with Crippen LogP contribution in [0.25, 0.3) is 0 Å². The highest BCUT2D eigenvalue weighted by Gasteiger charge is 2.12. The molecule has 2 rings (SSSR count). The molecular formula is C18H19N3O5S. The van der Waals surface area contributed by atoms with Gasteiger partial charge in [-0.25, -0.2) is 4.79 Å². The van der Waals surface area contributed by atoms with Crippen LogP contribution in [0.1, 0.15) is 15.9 Å². The molecule has 0 amide bonds. The first kappa shape index (κ1) is 20.0. The van der Waals surface area contributed by atoms with Gasteiger partial charge in [-0.2, -0.15) is 5.10 Å². The smallest absolute Gasteiger partial charge is 0.335 e. The maximum atomic E-state index is 11.0. The molecule has 0 saturated carbocycles. The SMILES string of the molecule is COc1cc(/C=N\NC(=S)Nc2cccc(C(=O)O)c2)cc(OC)c1OC. The summed E-state index contributed by atoms with van der Waals surface area (Å²) in [4.78, 5) is 11.0. The largest absolute Gasteiger partial charge is 0.493 e. The van der Waals surface area contributed by atoms with Crippen LogP contribution in [0, 0.1) is 0 Å². The van der Waals surface area contributed by atoms with Gasteiger partial charge in [-0.3, -0.25) is 5.43 Å². The molecule has 0 saturated heterocycles. The van der Waals surface area contributed by atoms with Gasteiger partial charge in [0, 0.05) is 11.3 Å². The lowest BCUT2D eigenvalue weighted by Gasteiger charge is -2.12. The number of hydrazone groups is 1. The Labute approximate surface area is 161 Å². The summed E-state index contributed by atoms with van der Waals surface area (Å²) < 4.78 is 15.8. The molecule has 0 spiro atoms. The van der Waals surface area contributed by atoms with E-state index in [1.807, 2.05) is 0 Å². The lowest BCUT2D eigenvalue weighted by atomic mass is 10.2. The van der Waals surface area contributed by atoms with E-state index < -0.39 is 5.97 Å². The van der Waals surface area contributed by atoms with Crippen molar-refractivity contribution in [2.75, 3.05) is 26.6 Å². The van der Waals surface area contributed by atoms with Gasteiger partial charge in [0.1, 0.15) is 0 Å². The predicted octanol–water partition coefficient (Wildman–Crippen LogP) is 2.73. The summed E-state index contributed by atoms with van der Waals surface area (Å²) in [6.45, 7) is 0. The second-order valence-corrected chi connectivity index (χ2v) is 5.58. The molecule has 0 aliphatic heterocycles. The van der Waals surface area contributed by atoms with Crippen molar-refractivity contribution < 1.29 is 24.1 Å². The van der Waals surface area contributed by atoms with E-state index in [1.165, 1.54) is 39.7 Å². The van der Waals surface area contributed by atoms with Crippen molar-refractivity contribution in [2.45, 2.75) is 0 Å². The molecule has 0 radical (unpaired) electrons. The number of rotatable bonds is 7. The summed E-state index contributed by atoms with van der Waals surface area (Å²) in [5, 5.41) is 16.1. The van der Waals surface area contributed by atoms with Crippen LogP contribution in [0.15, 0.2) is 41.5 Å². The van der Waals surface area contributed by atoms with Gasteiger partial charge in [-0.05, 0) is 42.5 Å². The first-order valence-electron chi connectivity index (χ1n) is 7.72. The first-order valence-corrected chi connectivity index (χ1v) is 8.12. The summed E-state index contributed by atoms with van der Waals surface area (Å²) in [6.07, 6.45) is 1.53. The third kappa shape index (κ3) is 5.32. The van der Waals surface area contributed by atoms with Crippen molar-refractivity contribution in [1.29, 1.82) is 0 Å². The van der Waals surface area contributed by atoms with Gasteiger partial charge in [0.15, 0.2) is 16.6 Å². The maximum Gasteiger partial charge on any atom is 0.335 e. The zero-order valence-electron chi connectivity index (χ0n) is 15.0. The Morgan fingerprint density at radius 2 is 1.78 bits per heavy atom. The summed E-state index contributed by atoms with van der Waals surface area (Å²) in [5.74, 6) is 0.479. The Hall–Kier alpha value is -3.33. The monoisotopic (exact) mass is 389 g/mol. The number of carbonyl (C=O) groups is 1. The molecule has 2 aromatic rings. The normalized spacial score (nSPS) is 10.3. The highest BCUT2D eigenvalue weighted by Crippen LogP contribution is 2.37. The standard InChI is InChI=1S/C18H19N3O5S/c1-24-14-7-11(8-15(25-2)16(14)26-3)10-19-21-18(27)20-13-6-4-5-12(9-13)17(22)23/h4-10H,1-3H3,(H,22,23)(H2,20,21,27)/b19-10-. The fourth-order valence-corrected chi connectivity index (χ4v) is 2.40. The van der Waals surface area contributed by atoms with Crippen molar-refractivity contribution >= 4 is 35.2 Å². The number of hydrogen-bond acceptors (Lipinski definition) is 6. The summed E-state index contributed by atoms with van der Waals surface area (Å²) in [5.41, 5.74) is 4.06. The summed E-state index contributed by atoms with van der Waals surface area (Å²) in [7, 11) is 4.58. The number of carboxylic acid groups (broad SMARTS) is 1. The second-order valence-electron chi connectivity index (χ2n) is 5.17. The average Bonchev–Trinajstić information content (AvgIpc) is 2.67. The summed E-state index contributed by atoms with van der Waals surface area (Å²) >= 11 is 5.14. The number of aromatic carboxylic acids is 1. The number of ether oxygens (including phenoxy) is 3. The highest BCUT2D eigenvalue weighted by atomic mass is 32.1. The number of methoxy groups -OCH3 is 3. The Bertz CT molecular complexity index is 845. The van der Waals surface area contributed by atoms with Gasteiger partial charge < -0.3 is 24.6 Å². The molecule has 0 bridgehead atoms. The van der Waals surface area contributed by atoms with Crippen molar-refractivity contribution in [3.05, 3.63) is 47.5 Å².